The van der Waals surface area contributed by atoms with Crippen LogP contribution in [0.4, 0.5) is 18.9 Å². The van der Waals surface area contributed by atoms with Gasteiger partial charge in [0.1, 0.15) is 5.75 Å². The number of fused-ring (bicyclic) bond motifs is 1. The highest BCUT2D eigenvalue weighted by molar-refractivity contribution is 5.93. The van der Waals surface area contributed by atoms with Crippen LogP contribution >= 0.6 is 0 Å². The Kier molecular flexibility index (Phi) is 5.99. The zero-order chi connectivity index (χ0) is 23.8. The van der Waals surface area contributed by atoms with E-state index in [1.165, 1.54) is 29.8 Å². The van der Waals surface area contributed by atoms with E-state index in [9.17, 15) is 18.0 Å². The van der Waals surface area contributed by atoms with Gasteiger partial charge in [-0.25, -0.2) is 0 Å². The molecule has 1 N–H and O–H groups in total. The Bertz CT molecular complexity index is 1110. The smallest absolute Gasteiger partial charge is 0.406 e. The SMILES string of the molecule is CC(C)(C)c1ccc(C2c3cccn3CCC2C(=O)Nc2ccc(OC(F)(F)F)cc2)cc1. The van der Waals surface area contributed by atoms with Crippen molar-refractivity contribution in [2.24, 2.45) is 5.92 Å². The molecule has 2 unspecified atom stereocenters. The molecule has 0 saturated heterocycles. The Morgan fingerprint density at radius 3 is 2.27 bits per heavy atom. The van der Waals surface area contributed by atoms with Gasteiger partial charge in [0.25, 0.3) is 0 Å². The second-order valence-corrected chi connectivity index (χ2v) is 9.43. The van der Waals surface area contributed by atoms with Crippen molar-refractivity contribution >= 4 is 11.6 Å². The first-order valence-electron chi connectivity index (χ1n) is 10.9. The molecule has 1 amide bonds. The van der Waals surface area contributed by atoms with Crippen molar-refractivity contribution in [2.45, 2.75) is 51.4 Å². The summed E-state index contributed by atoms with van der Waals surface area (Å²) in [5.74, 6) is -0.903. The summed E-state index contributed by atoms with van der Waals surface area (Å²) in [6, 6.07) is 17.7. The van der Waals surface area contributed by atoms with E-state index in [2.05, 4.69) is 59.7 Å². The fourth-order valence-corrected chi connectivity index (χ4v) is 4.42. The first kappa shape index (κ1) is 23.0. The number of carbonyl (C=O) groups excluding carboxylic acids is 1. The van der Waals surface area contributed by atoms with E-state index >= 15 is 0 Å². The van der Waals surface area contributed by atoms with Gasteiger partial charge >= 0.3 is 6.36 Å². The number of nitrogens with one attached hydrogen (secondary N) is 1. The van der Waals surface area contributed by atoms with E-state index in [1.807, 2.05) is 18.3 Å². The van der Waals surface area contributed by atoms with Gasteiger partial charge < -0.3 is 14.6 Å². The lowest BCUT2D eigenvalue weighted by Gasteiger charge is -2.33. The van der Waals surface area contributed by atoms with E-state index in [1.54, 1.807) is 0 Å². The van der Waals surface area contributed by atoms with E-state index < -0.39 is 6.36 Å². The molecule has 4 rings (SSSR count). The van der Waals surface area contributed by atoms with Gasteiger partial charge in [-0.2, -0.15) is 0 Å². The van der Waals surface area contributed by atoms with Gasteiger partial charge in [0.05, 0.1) is 5.92 Å². The van der Waals surface area contributed by atoms with Crippen molar-refractivity contribution in [3.05, 3.63) is 83.7 Å². The number of halogens is 3. The van der Waals surface area contributed by atoms with Crippen LogP contribution in [0.15, 0.2) is 66.9 Å². The Balaban J connectivity index is 1.57. The van der Waals surface area contributed by atoms with E-state index in [-0.39, 0.29) is 28.9 Å². The molecule has 7 heteroatoms. The lowest BCUT2D eigenvalue weighted by atomic mass is 9.77. The van der Waals surface area contributed by atoms with Crippen molar-refractivity contribution in [1.29, 1.82) is 0 Å². The van der Waals surface area contributed by atoms with Crippen molar-refractivity contribution in [3.8, 4) is 5.75 Å². The molecule has 0 aliphatic carbocycles. The maximum absolute atomic E-state index is 13.3. The monoisotopic (exact) mass is 456 g/mol. The minimum absolute atomic E-state index is 0.0318. The summed E-state index contributed by atoms with van der Waals surface area (Å²) < 4.78 is 43.2. The van der Waals surface area contributed by atoms with Crippen molar-refractivity contribution < 1.29 is 22.7 Å². The Hall–Kier alpha value is -3.22. The number of amides is 1. The molecule has 3 aromatic rings. The van der Waals surface area contributed by atoms with Gasteiger partial charge in [0.2, 0.25) is 5.91 Å². The summed E-state index contributed by atoms with van der Waals surface area (Å²) in [7, 11) is 0. The second-order valence-electron chi connectivity index (χ2n) is 9.43. The average Bonchev–Trinajstić information content (AvgIpc) is 3.22. The van der Waals surface area contributed by atoms with Crippen LogP contribution in [-0.4, -0.2) is 16.8 Å². The number of hydrogen-bond donors (Lipinski definition) is 1. The molecule has 2 aromatic carbocycles. The normalized spacial score (nSPS) is 18.5. The molecule has 0 bridgehead atoms. The fourth-order valence-electron chi connectivity index (χ4n) is 4.42. The molecule has 0 saturated carbocycles. The van der Waals surface area contributed by atoms with Gasteiger partial charge in [0.15, 0.2) is 0 Å². The summed E-state index contributed by atoms with van der Waals surface area (Å²) in [5, 5.41) is 2.88. The number of anilines is 1. The minimum atomic E-state index is -4.75. The maximum atomic E-state index is 13.3. The Labute approximate surface area is 191 Å². The quantitative estimate of drug-likeness (QED) is 0.489. The van der Waals surface area contributed by atoms with Crippen molar-refractivity contribution in [1.82, 2.24) is 4.57 Å². The van der Waals surface area contributed by atoms with Gasteiger partial charge in [-0.3, -0.25) is 4.79 Å². The zero-order valence-corrected chi connectivity index (χ0v) is 18.8. The average molecular weight is 457 g/mol. The van der Waals surface area contributed by atoms with Crippen LogP contribution in [0.25, 0.3) is 0 Å². The molecular formula is C26H27F3N2O2. The lowest BCUT2D eigenvalue weighted by molar-refractivity contribution is -0.274. The minimum Gasteiger partial charge on any atom is -0.406 e. The third-order valence-electron chi connectivity index (χ3n) is 6.09. The standard InChI is InChI=1S/C26H27F3N2O2/c1-25(2,3)18-8-6-17(7-9-18)23-21(14-16-31-15-4-5-22(23)31)24(32)30-19-10-12-20(13-11-19)33-26(27,28)29/h4-13,15,21,23H,14,16H2,1-3H3,(H,30,32). The number of carbonyl (C=O) groups is 1. The van der Waals surface area contributed by atoms with Crippen LogP contribution in [0.5, 0.6) is 5.75 Å². The number of rotatable bonds is 4. The molecule has 2 heterocycles. The third kappa shape index (κ3) is 5.24. The summed E-state index contributed by atoms with van der Waals surface area (Å²) in [4.78, 5) is 13.3. The summed E-state index contributed by atoms with van der Waals surface area (Å²) in [5.41, 5.74) is 3.83. The van der Waals surface area contributed by atoms with E-state index in [0.29, 0.717) is 12.1 Å². The maximum Gasteiger partial charge on any atom is 0.573 e. The molecule has 33 heavy (non-hydrogen) atoms. The fraction of sp³-hybridized carbons (Fsp3) is 0.346. The molecule has 2 atom stereocenters. The largest absolute Gasteiger partial charge is 0.573 e. The van der Waals surface area contributed by atoms with Crippen LogP contribution in [0.3, 0.4) is 0 Å². The molecule has 1 aliphatic heterocycles. The number of benzene rings is 2. The molecule has 0 fully saturated rings. The van der Waals surface area contributed by atoms with Gasteiger partial charge in [-0.1, -0.05) is 45.0 Å². The highest BCUT2D eigenvalue weighted by Crippen LogP contribution is 2.40. The first-order chi connectivity index (χ1) is 15.5. The number of aryl methyl sites for hydroxylation is 1. The predicted molar refractivity (Wildman–Crippen MR) is 121 cm³/mol. The number of hydrogen-bond acceptors (Lipinski definition) is 2. The van der Waals surface area contributed by atoms with Crippen LogP contribution in [0.1, 0.15) is 49.9 Å². The van der Waals surface area contributed by atoms with Crippen LogP contribution < -0.4 is 10.1 Å². The third-order valence-corrected chi connectivity index (χ3v) is 6.09. The molecule has 0 spiro atoms. The van der Waals surface area contributed by atoms with Gasteiger partial charge in [-0.15, -0.1) is 13.2 Å². The first-order valence-corrected chi connectivity index (χ1v) is 10.9. The van der Waals surface area contributed by atoms with Crippen molar-refractivity contribution in [3.63, 3.8) is 0 Å². The van der Waals surface area contributed by atoms with Crippen molar-refractivity contribution in [2.75, 3.05) is 5.32 Å². The molecule has 1 aromatic heterocycles. The molecule has 0 radical (unpaired) electrons. The van der Waals surface area contributed by atoms with Gasteiger partial charge in [0, 0.05) is 30.0 Å². The highest BCUT2D eigenvalue weighted by Gasteiger charge is 2.36. The molecular weight excluding hydrogens is 429 g/mol. The number of nitrogens with zero attached hydrogens (tertiary/aromatic N) is 1. The van der Waals surface area contributed by atoms with Gasteiger partial charge in [-0.05, 0) is 59.4 Å². The predicted octanol–water partition coefficient (Wildman–Crippen LogP) is 6.47. The summed E-state index contributed by atoms with van der Waals surface area (Å²) >= 11 is 0. The number of aromatic nitrogens is 1. The van der Waals surface area contributed by atoms with E-state index in [0.717, 1.165) is 17.8 Å². The molecule has 4 nitrogen and oxygen atoms in total. The lowest BCUT2D eigenvalue weighted by Crippen LogP contribution is -2.34. The number of alkyl halides is 3. The van der Waals surface area contributed by atoms with E-state index in [4.69, 9.17) is 0 Å². The number of ether oxygens (including phenoxy) is 1. The highest BCUT2D eigenvalue weighted by atomic mass is 19.4. The Morgan fingerprint density at radius 1 is 1.00 bits per heavy atom. The summed E-state index contributed by atoms with van der Waals surface area (Å²) in [6.45, 7) is 7.22. The second kappa shape index (κ2) is 8.61. The molecule has 174 valence electrons. The zero-order valence-electron chi connectivity index (χ0n) is 18.8. The van der Waals surface area contributed by atoms with Crippen LogP contribution in [0.2, 0.25) is 0 Å². The Morgan fingerprint density at radius 2 is 1.67 bits per heavy atom. The molecule has 1 aliphatic rings. The van der Waals surface area contributed by atoms with Crippen LogP contribution in [-0.2, 0) is 16.8 Å². The topological polar surface area (TPSA) is 43.3 Å². The van der Waals surface area contributed by atoms with Crippen LogP contribution in [0, 0.1) is 5.92 Å². The summed E-state index contributed by atoms with van der Waals surface area (Å²) in [6.07, 6.45) is -2.06.